The highest BCUT2D eigenvalue weighted by Gasteiger charge is 2.44. The summed E-state index contributed by atoms with van der Waals surface area (Å²) in [4.78, 5) is 12.5. The molecule has 0 aliphatic carbocycles. The quantitative estimate of drug-likeness (QED) is 0.746. The number of fused-ring (bicyclic) bond motifs is 2. The van der Waals surface area contributed by atoms with Crippen molar-refractivity contribution in [1.29, 1.82) is 0 Å². The van der Waals surface area contributed by atoms with Crippen molar-refractivity contribution >= 4 is 21.8 Å². The molecule has 0 N–H and O–H groups in total. The molecule has 4 heterocycles. The van der Waals surface area contributed by atoms with Crippen LogP contribution in [-0.2, 0) is 10.0 Å². The Morgan fingerprint density at radius 1 is 0.962 bits per heavy atom. The third kappa shape index (κ3) is 2.38. The van der Waals surface area contributed by atoms with E-state index in [1.54, 1.807) is 12.1 Å². The Labute approximate surface area is 150 Å². The molecule has 1 aromatic carbocycles. The molecule has 2 fully saturated rings. The van der Waals surface area contributed by atoms with Gasteiger partial charge in [0.1, 0.15) is 4.90 Å². The second-order valence-electron chi connectivity index (χ2n) is 6.92. The van der Waals surface area contributed by atoms with Crippen LogP contribution in [0, 0.1) is 17.7 Å². The summed E-state index contributed by atoms with van der Waals surface area (Å²) >= 11 is 0. The van der Waals surface area contributed by atoms with E-state index in [4.69, 9.17) is 0 Å². The Bertz CT molecular complexity index is 994. The normalized spacial score (nSPS) is 26.0. The number of nitrogens with zero attached hydrogens (tertiary/aromatic N) is 5. The van der Waals surface area contributed by atoms with Crippen LogP contribution in [0.1, 0.15) is 5.56 Å². The first-order valence-electron chi connectivity index (χ1n) is 8.43. The van der Waals surface area contributed by atoms with E-state index < -0.39 is 15.8 Å². The highest BCUT2D eigenvalue weighted by atomic mass is 32.2. The number of likely N-dealkylation sites (tertiary alicyclic amines) is 1. The summed E-state index contributed by atoms with van der Waals surface area (Å²) in [6.45, 7) is 3.03. The summed E-state index contributed by atoms with van der Waals surface area (Å²) in [6, 6.07) is 6.96. The van der Waals surface area contributed by atoms with Gasteiger partial charge in [0.05, 0.1) is 12.4 Å². The zero-order valence-corrected chi connectivity index (χ0v) is 14.6. The molecule has 0 radical (unpaired) electrons. The van der Waals surface area contributed by atoms with Crippen LogP contribution in [0.3, 0.4) is 0 Å². The number of benzene rings is 1. The maximum atomic E-state index is 13.0. The zero-order valence-electron chi connectivity index (χ0n) is 13.8. The average molecular weight is 373 g/mol. The van der Waals surface area contributed by atoms with Gasteiger partial charge < -0.3 is 9.80 Å². The second kappa shape index (κ2) is 5.47. The van der Waals surface area contributed by atoms with Gasteiger partial charge in [-0.2, -0.15) is 8.42 Å². The van der Waals surface area contributed by atoms with Crippen molar-refractivity contribution in [3.63, 3.8) is 0 Å². The topological polar surface area (TPSA) is 78.8 Å². The lowest BCUT2D eigenvalue weighted by molar-refractivity contribution is 0.477. The number of hydrogen-bond donors (Lipinski definition) is 0. The van der Waals surface area contributed by atoms with Crippen molar-refractivity contribution in [1.82, 2.24) is 14.9 Å². The van der Waals surface area contributed by atoms with Gasteiger partial charge in [-0.25, -0.2) is 14.4 Å². The SMILES string of the molecule is O=S1(=O)N=C(N2CC3CN(c4ncc(F)cn4)CC3C2)c2ccccc21. The van der Waals surface area contributed by atoms with Crippen LogP contribution in [0.4, 0.5) is 10.3 Å². The molecule has 5 rings (SSSR count). The molecule has 2 atom stereocenters. The highest BCUT2D eigenvalue weighted by Crippen LogP contribution is 2.36. The Kier molecular flexibility index (Phi) is 3.30. The molecule has 2 unspecified atom stereocenters. The molecule has 0 bridgehead atoms. The summed E-state index contributed by atoms with van der Waals surface area (Å²) in [5.41, 5.74) is 0.686. The molecule has 0 spiro atoms. The number of hydrogen-bond acceptors (Lipinski definition) is 6. The minimum atomic E-state index is -3.59. The number of amidine groups is 1. The summed E-state index contributed by atoms with van der Waals surface area (Å²) in [6.07, 6.45) is 2.36. The molecule has 3 aliphatic rings. The Morgan fingerprint density at radius 2 is 1.58 bits per heavy atom. The summed E-state index contributed by atoms with van der Waals surface area (Å²) < 4.78 is 41.5. The molecule has 0 amide bonds. The molecule has 26 heavy (non-hydrogen) atoms. The minimum absolute atomic E-state index is 0.286. The molecule has 7 nitrogen and oxygen atoms in total. The van der Waals surface area contributed by atoms with Crippen LogP contribution in [0.5, 0.6) is 0 Å². The molecule has 1 aromatic heterocycles. The third-order valence-electron chi connectivity index (χ3n) is 5.29. The van der Waals surface area contributed by atoms with Crippen molar-refractivity contribution < 1.29 is 12.8 Å². The highest BCUT2D eigenvalue weighted by molar-refractivity contribution is 7.90. The van der Waals surface area contributed by atoms with E-state index in [-0.39, 0.29) is 4.90 Å². The maximum Gasteiger partial charge on any atom is 0.285 e. The smallest absolute Gasteiger partial charge is 0.285 e. The lowest BCUT2D eigenvalue weighted by Crippen LogP contribution is -2.33. The fourth-order valence-corrected chi connectivity index (χ4v) is 5.34. The number of anilines is 1. The van der Waals surface area contributed by atoms with Gasteiger partial charge in [-0.15, -0.1) is 4.40 Å². The van der Waals surface area contributed by atoms with E-state index >= 15 is 0 Å². The molecule has 3 aliphatic heterocycles. The Morgan fingerprint density at radius 3 is 2.27 bits per heavy atom. The van der Waals surface area contributed by atoms with Crippen molar-refractivity contribution in [2.24, 2.45) is 16.2 Å². The van der Waals surface area contributed by atoms with Crippen LogP contribution in [0.2, 0.25) is 0 Å². The largest absolute Gasteiger partial charge is 0.355 e. The van der Waals surface area contributed by atoms with E-state index in [9.17, 15) is 12.8 Å². The Hall–Kier alpha value is -2.55. The molecule has 2 aromatic rings. The van der Waals surface area contributed by atoms with Crippen LogP contribution in [-0.4, -0.2) is 55.3 Å². The van der Waals surface area contributed by atoms with Gasteiger partial charge in [-0.1, -0.05) is 12.1 Å². The van der Waals surface area contributed by atoms with Gasteiger partial charge in [0, 0.05) is 43.6 Å². The standard InChI is InChI=1S/C17H16FN5O2S/c18-13-5-19-17(20-6-13)23-9-11-7-22(8-12(11)10-23)16-14-3-1-2-4-15(14)26(24,25)21-16/h1-6,11-12H,7-10H2. The first-order valence-corrected chi connectivity index (χ1v) is 9.87. The predicted octanol–water partition coefficient (Wildman–Crippen LogP) is 1.13. The first-order chi connectivity index (χ1) is 12.5. The van der Waals surface area contributed by atoms with E-state index in [0.29, 0.717) is 29.2 Å². The molecule has 0 saturated carbocycles. The van der Waals surface area contributed by atoms with Crippen LogP contribution < -0.4 is 4.90 Å². The van der Waals surface area contributed by atoms with E-state index in [1.165, 1.54) is 12.4 Å². The van der Waals surface area contributed by atoms with Crippen LogP contribution in [0.15, 0.2) is 46.0 Å². The van der Waals surface area contributed by atoms with Crippen molar-refractivity contribution in [3.8, 4) is 0 Å². The summed E-state index contributed by atoms with van der Waals surface area (Å²) in [7, 11) is -3.59. The van der Waals surface area contributed by atoms with Crippen LogP contribution >= 0.6 is 0 Å². The molecule has 9 heteroatoms. The van der Waals surface area contributed by atoms with E-state index in [0.717, 1.165) is 26.2 Å². The number of sulfonamides is 1. The maximum absolute atomic E-state index is 13.0. The molecule has 134 valence electrons. The fraction of sp³-hybridized carbons (Fsp3) is 0.353. The predicted molar refractivity (Wildman–Crippen MR) is 92.9 cm³/mol. The van der Waals surface area contributed by atoms with Crippen molar-refractivity contribution in [3.05, 3.63) is 48.0 Å². The van der Waals surface area contributed by atoms with Gasteiger partial charge in [-0.3, -0.25) is 0 Å². The lowest BCUT2D eigenvalue weighted by atomic mass is 10.0. The van der Waals surface area contributed by atoms with Gasteiger partial charge in [0.2, 0.25) is 5.95 Å². The number of aromatic nitrogens is 2. The van der Waals surface area contributed by atoms with Gasteiger partial charge in [-0.05, 0) is 12.1 Å². The van der Waals surface area contributed by atoms with Crippen molar-refractivity contribution in [2.45, 2.75) is 4.90 Å². The Balaban J connectivity index is 1.36. The van der Waals surface area contributed by atoms with Gasteiger partial charge >= 0.3 is 0 Å². The fourth-order valence-electron chi connectivity index (χ4n) is 4.11. The van der Waals surface area contributed by atoms with Gasteiger partial charge in [0.25, 0.3) is 10.0 Å². The molecular weight excluding hydrogens is 357 g/mol. The third-order valence-corrected chi connectivity index (χ3v) is 6.61. The average Bonchev–Trinajstić information content (AvgIpc) is 3.26. The lowest BCUT2D eigenvalue weighted by Gasteiger charge is -2.22. The monoisotopic (exact) mass is 373 g/mol. The van der Waals surface area contributed by atoms with E-state index in [1.807, 2.05) is 12.1 Å². The van der Waals surface area contributed by atoms with Crippen LogP contribution in [0.25, 0.3) is 0 Å². The second-order valence-corrected chi connectivity index (χ2v) is 8.49. The molecular formula is C17H16FN5O2S. The van der Waals surface area contributed by atoms with E-state index in [2.05, 4.69) is 24.2 Å². The summed E-state index contributed by atoms with van der Waals surface area (Å²) in [5, 5.41) is 0. The number of halogens is 1. The molecule has 2 saturated heterocycles. The minimum Gasteiger partial charge on any atom is -0.355 e. The van der Waals surface area contributed by atoms with Gasteiger partial charge in [0.15, 0.2) is 11.7 Å². The zero-order chi connectivity index (χ0) is 17.9. The summed E-state index contributed by atoms with van der Waals surface area (Å²) in [5.74, 6) is 1.40. The van der Waals surface area contributed by atoms with Crippen molar-refractivity contribution in [2.75, 3.05) is 31.1 Å². The number of rotatable bonds is 1. The first kappa shape index (κ1) is 15.7.